The molecular weight excluding hydrogens is 112 g/mol. The van der Waals surface area contributed by atoms with Gasteiger partial charge in [-0.15, -0.1) is 0 Å². The van der Waals surface area contributed by atoms with E-state index in [-0.39, 0.29) is 5.92 Å². The summed E-state index contributed by atoms with van der Waals surface area (Å²) in [5.74, 6) is 0.222. The smallest absolute Gasteiger partial charge is 0.0309 e. The van der Waals surface area contributed by atoms with Gasteiger partial charge >= 0.3 is 0 Å². The van der Waals surface area contributed by atoms with Crippen molar-refractivity contribution in [2.24, 2.45) is 0 Å². The minimum absolute atomic E-state index is 0.222. The summed E-state index contributed by atoms with van der Waals surface area (Å²) in [7, 11) is 0. The predicted octanol–water partition coefficient (Wildman–Crippen LogP) is 1.77. The number of aromatic amines is 1. The van der Waals surface area contributed by atoms with Crippen molar-refractivity contribution in [3.63, 3.8) is 0 Å². The molecule has 1 rings (SSSR count). The van der Waals surface area contributed by atoms with Crippen molar-refractivity contribution >= 4 is 6.21 Å². The van der Waals surface area contributed by atoms with E-state index in [0.717, 1.165) is 5.69 Å². The number of rotatable bonds is 2. The molecule has 0 saturated heterocycles. The molecule has 9 heavy (non-hydrogen) atoms. The molecule has 1 unspecified atom stereocenters. The van der Waals surface area contributed by atoms with Crippen LogP contribution in [0.5, 0.6) is 0 Å². The molecule has 0 fully saturated rings. The largest absolute Gasteiger partial charge is 0.364 e. The molecule has 0 radical (unpaired) electrons. The molecule has 0 aliphatic carbocycles. The monoisotopic (exact) mass is 122 g/mol. The number of H-pyrrole nitrogens is 1. The van der Waals surface area contributed by atoms with E-state index in [1.807, 2.05) is 25.3 Å². The summed E-state index contributed by atoms with van der Waals surface area (Å²) in [5.41, 5.74) is 1.10. The topological polar surface area (TPSA) is 39.6 Å². The van der Waals surface area contributed by atoms with Gasteiger partial charge in [0.2, 0.25) is 0 Å². The summed E-state index contributed by atoms with van der Waals surface area (Å²) in [4.78, 5) is 3.04. The molecule has 0 bridgehead atoms. The molecule has 1 heterocycles. The minimum Gasteiger partial charge on any atom is -0.364 e. The summed E-state index contributed by atoms with van der Waals surface area (Å²) in [6, 6.07) is 3.92. The van der Waals surface area contributed by atoms with Gasteiger partial charge in [0.1, 0.15) is 0 Å². The maximum atomic E-state index is 6.94. The Kier molecular flexibility index (Phi) is 1.68. The van der Waals surface area contributed by atoms with Crippen molar-refractivity contribution in [1.29, 1.82) is 5.41 Å². The standard InChI is InChI=1S/C7H10N2/c1-6(5-8)7-3-2-4-9-7/h2-6,8-9H,1H3. The van der Waals surface area contributed by atoms with Crippen LogP contribution in [0.25, 0.3) is 0 Å². The van der Waals surface area contributed by atoms with E-state index < -0.39 is 0 Å². The molecule has 0 aliphatic heterocycles. The third-order valence-electron chi connectivity index (χ3n) is 1.36. The van der Waals surface area contributed by atoms with Gasteiger partial charge in [-0.1, -0.05) is 6.92 Å². The van der Waals surface area contributed by atoms with Crippen LogP contribution in [-0.2, 0) is 0 Å². The van der Waals surface area contributed by atoms with Crippen LogP contribution in [0.15, 0.2) is 18.3 Å². The van der Waals surface area contributed by atoms with Crippen LogP contribution in [0.4, 0.5) is 0 Å². The van der Waals surface area contributed by atoms with Crippen molar-refractivity contribution in [3.8, 4) is 0 Å². The van der Waals surface area contributed by atoms with Crippen LogP contribution in [0.2, 0.25) is 0 Å². The summed E-state index contributed by atoms with van der Waals surface area (Å²) in [6.07, 6.45) is 3.29. The molecule has 2 heteroatoms. The Morgan fingerprint density at radius 2 is 2.56 bits per heavy atom. The van der Waals surface area contributed by atoms with Crippen LogP contribution in [0, 0.1) is 5.41 Å². The highest BCUT2D eigenvalue weighted by atomic mass is 14.7. The Hall–Kier alpha value is -1.05. The van der Waals surface area contributed by atoms with Gasteiger partial charge in [0, 0.05) is 24.0 Å². The predicted molar refractivity (Wildman–Crippen MR) is 38.0 cm³/mol. The van der Waals surface area contributed by atoms with Crippen LogP contribution < -0.4 is 0 Å². The molecular formula is C7H10N2. The highest BCUT2D eigenvalue weighted by Gasteiger charge is 1.98. The quantitative estimate of drug-likeness (QED) is 0.561. The van der Waals surface area contributed by atoms with Crippen molar-refractivity contribution in [2.45, 2.75) is 12.8 Å². The Morgan fingerprint density at radius 3 is 3.00 bits per heavy atom. The summed E-state index contributed by atoms with van der Waals surface area (Å²) >= 11 is 0. The lowest BCUT2D eigenvalue weighted by atomic mass is 10.1. The Bertz CT molecular complexity index is 177. The van der Waals surface area contributed by atoms with Crippen LogP contribution in [0.1, 0.15) is 18.5 Å². The van der Waals surface area contributed by atoms with Gasteiger partial charge in [0.15, 0.2) is 0 Å². The van der Waals surface area contributed by atoms with E-state index in [1.165, 1.54) is 6.21 Å². The van der Waals surface area contributed by atoms with Crippen molar-refractivity contribution in [3.05, 3.63) is 24.0 Å². The highest BCUT2D eigenvalue weighted by molar-refractivity contribution is 5.62. The second-order valence-corrected chi connectivity index (χ2v) is 2.08. The normalized spacial score (nSPS) is 13.0. The first-order chi connectivity index (χ1) is 4.34. The van der Waals surface area contributed by atoms with Gasteiger partial charge in [0.05, 0.1) is 0 Å². The average molecular weight is 122 g/mol. The first-order valence-electron chi connectivity index (χ1n) is 2.98. The third kappa shape index (κ3) is 1.19. The molecule has 0 amide bonds. The van der Waals surface area contributed by atoms with Gasteiger partial charge in [-0.3, -0.25) is 0 Å². The van der Waals surface area contributed by atoms with E-state index in [1.54, 1.807) is 0 Å². The maximum absolute atomic E-state index is 6.94. The first kappa shape index (κ1) is 6.08. The van der Waals surface area contributed by atoms with E-state index in [2.05, 4.69) is 4.98 Å². The molecule has 48 valence electrons. The highest BCUT2D eigenvalue weighted by Crippen LogP contribution is 2.07. The second-order valence-electron chi connectivity index (χ2n) is 2.08. The van der Waals surface area contributed by atoms with Gasteiger partial charge < -0.3 is 10.4 Å². The summed E-state index contributed by atoms with van der Waals surface area (Å²) in [5, 5.41) is 6.94. The fraction of sp³-hybridized carbons (Fsp3) is 0.286. The van der Waals surface area contributed by atoms with Gasteiger partial charge in [-0.05, 0) is 12.1 Å². The van der Waals surface area contributed by atoms with Gasteiger partial charge in [-0.2, -0.15) is 0 Å². The Labute approximate surface area is 54.4 Å². The van der Waals surface area contributed by atoms with Crippen LogP contribution in [-0.4, -0.2) is 11.2 Å². The molecule has 0 spiro atoms. The van der Waals surface area contributed by atoms with Crippen LogP contribution in [0.3, 0.4) is 0 Å². The minimum atomic E-state index is 0.222. The third-order valence-corrected chi connectivity index (χ3v) is 1.36. The molecule has 2 nitrogen and oxygen atoms in total. The fourth-order valence-corrected chi connectivity index (χ4v) is 0.717. The lowest BCUT2D eigenvalue weighted by Gasteiger charge is -1.98. The van der Waals surface area contributed by atoms with E-state index in [4.69, 9.17) is 5.41 Å². The molecule has 1 aromatic rings. The second kappa shape index (κ2) is 2.49. The zero-order valence-corrected chi connectivity index (χ0v) is 5.39. The molecule has 0 aromatic carbocycles. The Morgan fingerprint density at radius 1 is 1.78 bits per heavy atom. The van der Waals surface area contributed by atoms with E-state index >= 15 is 0 Å². The van der Waals surface area contributed by atoms with Crippen molar-refractivity contribution in [2.75, 3.05) is 0 Å². The van der Waals surface area contributed by atoms with Crippen molar-refractivity contribution < 1.29 is 0 Å². The average Bonchev–Trinajstić information content (AvgIpc) is 2.37. The zero-order chi connectivity index (χ0) is 6.69. The Balaban J connectivity index is 2.76. The molecule has 0 aliphatic rings. The van der Waals surface area contributed by atoms with Crippen LogP contribution >= 0.6 is 0 Å². The molecule has 1 atom stereocenters. The van der Waals surface area contributed by atoms with Gasteiger partial charge in [0.25, 0.3) is 0 Å². The number of aromatic nitrogens is 1. The summed E-state index contributed by atoms with van der Waals surface area (Å²) in [6.45, 7) is 1.98. The van der Waals surface area contributed by atoms with E-state index in [0.29, 0.717) is 0 Å². The lowest BCUT2D eigenvalue weighted by Crippen LogP contribution is -1.92. The first-order valence-corrected chi connectivity index (χ1v) is 2.98. The zero-order valence-electron chi connectivity index (χ0n) is 5.39. The number of hydrogen-bond acceptors (Lipinski definition) is 1. The fourth-order valence-electron chi connectivity index (χ4n) is 0.717. The van der Waals surface area contributed by atoms with Crippen molar-refractivity contribution in [1.82, 2.24) is 4.98 Å². The molecule has 2 N–H and O–H groups in total. The lowest BCUT2D eigenvalue weighted by molar-refractivity contribution is 0.981. The molecule has 0 saturated carbocycles. The maximum Gasteiger partial charge on any atom is 0.0309 e. The van der Waals surface area contributed by atoms with Gasteiger partial charge in [-0.25, -0.2) is 0 Å². The SMILES string of the molecule is CC(C=N)c1ccc[nH]1. The summed E-state index contributed by atoms with van der Waals surface area (Å²) < 4.78 is 0. The molecule has 1 aromatic heterocycles. The van der Waals surface area contributed by atoms with E-state index in [9.17, 15) is 0 Å². The number of nitrogens with one attached hydrogen (secondary N) is 2. The number of hydrogen-bond donors (Lipinski definition) is 2.